The molecule has 2 aromatic carbocycles. The lowest BCUT2D eigenvalue weighted by Gasteiger charge is -2.20. The van der Waals surface area contributed by atoms with Crippen LogP contribution in [0.15, 0.2) is 53.5 Å². The molecule has 0 radical (unpaired) electrons. The van der Waals surface area contributed by atoms with Gasteiger partial charge in [0.15, 0.2) is 5.96 Å². The quantitative estimate of drug-likeness (QED) is 0.477. The summed E-state index contributed by atoms with van der Waals surface area (Å²) in [6, 6.07) is 11.8. The van der Waals surface area contributed by atoms with Crippen molar-refractivity contribution in [2.45, 2.75) is 32.2 Å². The number of nitrogens with zero attached hydrogens (tertiary/aromatic N) is 1. The van der Waals surface area contributed by atoms with Gasteiger partial charge in [-0.1, -0.05) is 24.3 Å². The summed E-state index contributed by atoms with van der Waals surface area (Å²) in [5.41, 5.74) is 0.484. The molecule has 2 unspecified atom stereocenters. The minimum Gasteiger partial charge on any atom is -0.497 e. The lowest BCUT2D eigenvalue weighted by Crippen LogP contribution is -2.39. The molecule has 158 valence electrons. The molecule has 3 N–H and O–H groups in total. The van der Waals surface area contributed by atoms with E-state index in [9.17, 15) is 18.3 Å². The Morgan fingerprint density at radius 3 is 2.41 bits per heavy atom. The number of hydrogen-bond acceptors (Lipinski definition) is 3. The highest BCUT2D eigenvalue weighted by atomic mass is 19.4. The van der Waals surface area contributed by atoms with Crippen molar-refractivity contribution < 1.29 is 23.0 Å². The molecule has 0 heterocycles. The summed E-state index contributed by atoms with van der Waals surface area (Å²) in [7, 11) is 1.57. The van der Waals surface area contributed by atoms with E-state index in [2.05, 4.69) is 15.6 Å². The minimum absolute atomic E-state index is 0.0942. The van der Waals surface area contributed by atoms with Gasteiger partial charge < -0.3 is 20.5 Å². The zero-order chi connectivity index (χ0) is 21.4. The molecule has 0 saturated heterocycles. The molecule has 5 nitrogen and oxygen atoms in total. The van der Waals surface area contributed by atoms with Gasteiger partial charge in [0.25, 0.3) is 0 Å². The Kier molecular flexibility index (Phi) is 7.90. The second kappa shape index (κ2) is 10.2. The number of ether oxygens (including phenoxy) is 1. The maximum Gasteiger partial charge on any atom is 0.416 e. The van der Waals surface area contributed by atoms with Crippen molar-refractivity contribution in [2.24, 2.45) is 4.99 Å². The van der Waals surface area contributed by atoms with Crippen molar-refractivity contribution in [3.05, 3.63) is 65.2 Å². The SMILES string of the molecule is CCNC(=NCC(O)c1ccc(OC)cc1)NC(C)c1cccc(C(F)(F)F)c1. The number of aliphatic hydroxyl groups excluding tert-OH is 1. The Labute approximate surface area is 168 Å². The first-order chi connectivity index (χ1) is 13.7. The van der Waals surface area contributed by atoms with Crippen molar-refractivity contribution in [3.8, 4) is 5.75 Å². The molecule has 0 saturated carbocycles. The molecule has 0 bridgehead atoms. The van der Waals surface area contributed by atoms with Gasteiger partial charge in [-0.2, -0.15) is 13.2 Å². The van der Waals surface area contributed by atoms with Gasteiger partial charge in [-0.3, -0.25) is 4.99 Å². The van der Waals surface area contributed by atoms with Crippen LogP contribution in [-0.4, -0.2) is 31.3 Å². The van der Waals surface area contributed by atoms with E-state index >= 15 is 0 Å². The maximum atomic E-state index is 12.9. The summed E-state index contributed by atoms with van der Waals surface area (Å²) in [6.45, 7) is 4.30. The van der Waals surface area contributed by atoms with Crippen LogP contribution in [0, 0.1) is 0 Å². The monoisotopic (exact) mass is 409 g/mol. The van der Waals surface area contributed by atoms with Crippen LogP contribution in [0.3, 0.4) is 0 Å². The Morgan fingerprint density at radius 1 is 1.14 bits per heavy atom. The summed E-state index contributed by atoms with van der Waals surface area (Å²) in [6.07, 6.45) is -5.21. The van der Waals surface area contributed by atoms with E-state index in [1.807, 2.05) is 6.92 Å². The molecule has 29 heavy (non-hydrogen) atoms. The van der Waals surface area contributed by atoms with E-state index in [-0.39, 0.29) is 6.54 Å². The second-order valence-corrected chi connectivity index (χ2v) is 6.50. The Hall–Kier alpha value is -2.74. The van der Waals surface area contributed by atoms with E-state index in [1.165, 1.54) is 6.07 Å². The van der Waals surface area contributed by atoms with Crippen LogP contribution in [0.5, 0.6) is 5.75 Å². The van der Waals surface area contributed by atoms with Gasteiger partial charge in [-0.05, 0) is 49.2 Å². The summed E-state index contributed by atoms with van der Waals surface area (Å²) in [5.74, 6) is 1.10. The smallest absolute Gasteiger partial charge is 0.416 e. The van der Waals surface area contributed by atoms with E-state index in [0.717, 1.165) is 12.1 Å². The Bertz CT molecular complexity index is 808. The molecule has 0 aliphatic rings. The predicted molar refractivity (Wildman–Crippen MR) is 107 cm³/mol. The zero-order valence-electron chi connectivity index (χ0n) is 16.6. The Balaban J connectivity index is 2.08. The molecule has 2 rings (SSSR count). The van der Waals surface area contributed by atoms with Gasteiger partial charge in [0.2, 0.25) is 0 Å². The van der Waals surface area contributed by atoms with Crippen LogP contribution in [0.2, 0.25) is 0 Å². The van der Waals surface area contributed by atoms with Crippen molar-refractivity contribution in [1.82, 2.24) is 10.6 Å². The van der Waals surface area contributed by atoms with Crippen LogP contribution in [0.25, 0.3) is 0 Å². The standard InChI is InChI=1S/C21H26F3N3O2/c1-4-25-20(26-13-19(28)15-8-10-18(29-3)11-9-15)27-14(2)16-6-5-7-17(12-16)21(22,23)24/h5-12,14,19,28H,4,13H2,1-3H3,(H2,25,26,27). The summed E-state index contributed by atoms with van der Waals surface area (Å²) in [5, 5.41) is 16.5. The van der Waals surface area contributed by atoms with Crippen molar-refractivity contribution >= 4 is 5.96 Å². The number of benzene rings is 2. The lowest BCUT2D eigenvalue weighted by molar-refractivity contribution is -0.137. The van der Waals surface area contributed by atoms with Crippen LogP contribution < -0.4 is 15.4 Å². The third kappa shape index (κ3) is 6.67. The molecule has 0 aliphatic heterocycles. The fourth-order valence-corrected chi connectivity index (χ4v) is 2.70. The highest BCUT2D eigenvalue weighted by molar-refractivity contribution is 5.80. The van der Waals surface area contributed by atoms with Gasteiger partial charge in [0.05, 0.1) is 31.4 Å². The van der Waals surface area contributed by atoms with Gasteiger partial charge in [0.1, 0.15) is 5.75 Å². The van der Waals surface area contributed by atoms with E-state index in [1.54, 1.807) is 44.4 Å². The number of aliphatic hydroxyl groups is 1. The van der Waals surface area contributed by atoms with Crippen molar-refractivity contribution in [2.75, 3.05) is 20.2 Å². The van der Waals surface area contributed by atoms with Gasteiger partial charge in [-0.15, -0.1) is 0 Å². The average molecular weight is 409 g/mol. The third-order valence-corrected chi connectivity index (χ3v) is 4.33. The molecule has 2 atom stereocenters. The first-order valence-corrected chi connectivity index (χ1v) is 9.28. The molecule has 0 aliphatic carbocycles. The largest absolute Gasteiger partial charge is 0.497 e. The number of guanidine groups is 1. The van der Waals surface area contributed by atoms with Crippen LogP contribution in [0.1, 0.15) is 42.7 Å². The molecule has 0 aromatic heterocycles. The number of rotatable bonds is 7. The number of halogens is 3. The topological polar surface area (TPSA) is 65.9 Å². The fourth-order valence-electron chi connectivity index (χ4n) is 2.70. The normalized spacial score (nSPS) is 14.2. The molecule has 0 spiro atoms. The van der Waals surface area contributed by atoms with Gasteiger partial charge in [0, 0.05) is 6.54 Å². The number of aliphatic imine (C=N–C) groups is 1. The molecular weight excluding hydrogens is 383 g/mol. The first kappa shape index (κ1) is 22.5. The highest BCUT2D eigenvalue weighted by Crippen LogP contribution is 2.30. The first-order valence-electron chi connectivity index (χ1n) is 9.28. The fraction of sp³-hybridized carbons (Fsp3) is 0.381. The predicted octanol–water partition coefficient (Wildman–Crippen LogP) is 4.06. The molecular formula is C21H26F3N3O2. The number of hydrogen-bond donors (Lipinski definition) is 3. The van der Waals surface area contributed by atoms with Crippen molar-refractivity contribution in [1.29, 1.82) is 0 Å². The van der Waals surface area contributed by atoms with Crippen molar-refractivity contribution in [3.63, 3.8) is 0 Å². The minimum atomic E-state index is -4.39. The lowest BCUT2D eigenvalue weighted by atomic mass is 10.1. The Morgan fingerprint density at radius 2 is 1.83 bits per heavy atom. The third-order valence-electron chi connectivity index (χ3n) is 4.33. The average Bonchev–Trinajstić information content (AvgIpc) is 2.71. The molecule has 2 aromatic rings. The summed E-state index contributed by atoms with van der Waals surface area (Å²) >= 11 is 0. The molecule has 8 heteroatoms. The molecule has 0 fully saturated rings. The molecule has 0 amide bonds. The summed E-state index contributed by atoms with van der Waals surface area (Å²) < 4.78 is 43.9. The number of methoxy groups -OCH3 is 1. The second-order valence-electron chi connectivity index (χ2n) is 6.50. The van der Waals surface area contributed by atoms with Crippen LogP contribution in [0.4, 0.5) is 13.2 Å². The van der Waals surface area contributed by atoms with E-state index in [4.69, 9.17) is 4.74 Å². The van der Waals surface area contributed by atoms with Gasteiger partial charge in [-0.25, -0.2) is 0 Å². The zero-order valence-corrected chi connectivity index (χ0v) is 16.6. The highest BCUT2D eigenvalue weighted by Gasteiger charge is 2.30. The van der Waals surface area contributed by atoms with Crippen LogP contribution in [-0.2, 0) is 6.18 Å². The maximum absolute atomic E-state index is 12.9. The number of nitrogens with one attached hydrogen (secondary N) is 2. The number of alkyl halides is 3. The summed E-state index contributed by atoms with van der Waals surface area (Å²) in [4.78, 5) is 4.36. The van der Waals surface area contributed by atoms with Gasteiger partial charge >= 0.3 is 6.18 Å². The van der Waals surface area contributed by atoms with E-state index in [0.29, 0.717) is 29.4 Å². The van der Waals surface area contributed by atoms with E-state index < -0.39 is 23.9 Å². The van der Waals surface area contributed by atoms with Crippen LogP contribution >= 0.6 is 0 Å².